The van der Waals surface area contributed by atoms with Gasteiger partial charge in [0.25, 0.3) is 0 Å². The van der Waals surface area contributed by atoms with Crippen LogP contribution in [0.15, 0.2) is 70.5 Å². The number of fused-ring (bicyclic) bond motifs is 1. The summed E-state index contributed by atoms with van der Waals surface area (Å²) in [7, 11) is -1.92. The summed E-state index contributed by atoms with van der Waals surface area (Å²) in [6.45, 7) is 0. The third kappa shape index (κ3) is 4.37. The van der Waals surface area contributed by atoms with Crippen LogP contribution >= 0.6 is 15.9 Å². The van der Waals surface area contributed by atoms with Crippen molar-refractivity contribution in [3.63, 3.8) is 0 Å². The molecule has 1 heterocycles. The average molecular weight is 434 g/mol. The number of hydrogen-bond acceptors (Lipinski definition) is 3. The number of rotatable bonds is 5. The van der Waals surface area contributed by atoms with Crippen LogP contribution in [-0.2, 0) is 16.4 Å². The highest BCUT2D eigenvalue weighted by atomic mass is 79.9. The summed E-state index contributed by atoms with van der Waals surface area (Å²) in [5, 5.41) is 0. The summed E-state index contributed by atoms with van der Waals surface area (Å²) in [6.07, 6.45) is 6.55. The summed E-state index contributed by atoms with van der Waals surface area (Å²) in [4.78, 5) is 0. The van der Waals surface area contributed by atoms with E-state index in [1.807, 2.05) is 48.6 Å². The van der Waals surface area contributed by atoms with Crippen LogP contribution < -0.4 is 4.74 Å². The van der Waals surface area contributed by atoms with E-state index in [0.29, 0.717) is 18.1 Å². The van der Waals surface area contributed by atoms with Gasteiger partial charge in [0.15, 0.2) is 0 Å². The van der Waals surface area contributed by atoms with Crippen molar-refractivity contribution in [2.24, 2.45) is 0 Å². The van der Waals surface area contributed by atoms with Crippen molar-refractivity contribution in [2.75, 3.05) is 13.3 Å². The van der Waals surface area contributed by atoms with E-state index in [4.69, 9.17) is 4.74 Å². The maximum absolute atomic E-state index is 12.1. The second-order valence-electron chi connectivity index (χ2n) is 6.16. The molecule has 0 amide bonds. The molecular weight excluding hydrogens is 414 g/mol. The van der Waals surface area contributed by atoms with Gasteiger partial charge >= 0.3 is 0 Å². The van der Waals surface area contributed by atoms with E-state index in [9.17, 15) is 8.42 Å². The molecule has 3 rings (SSSR count). The third-order valence-corrected chi connectivity index (χ3v) is 5.88. The number of halogens is 1. The van der Waals surface area contributed by atoms with Gasteiger partial charge < -0.3 is 4.74 Å². The zero-order valence-corrected chi connectivity index (χ0v) is 17.0. The van der Waals surface area contributed by atoms with Crippen LogP contribution in [0.5, 0.6) is 5.75 Å². The van der Waals surface area contributed by atoms with E-state index in [1.165, 1.54) is 23.2 Å². The highest BCUT2D eigenvalue weighted by Crippen LogP contribution is 2.32. The second kappa shape index (κ2) is 7.68. The monoisotopic (exact) mass is 433 g/mol. The minimum Gasteiger partial charge on any atom is -0.439 e. The molecule has 0 spiro atoms. The highest BCUT2D eigenvalue weighted by Gasteiger charge is 2.23. The summed E-state index contributed by atoms with van der Waals surface area (Å²) in [5.74, 6) is 0.977. The van der Waals surface area contributed by atoms with Gasteiger partial charge in [-0.25, -0.2) is 12.7 Å². The average Bonchev–Trinajstić information content (AvgIpc) is 2.78. The number of nitrogens with zero attached hydrogens (tertiary/aromatic N) is 1. The Balaban J connectivity index is 1.98. The van der Waals surface area contributed by atoms with Gasteiger partial charge in [-0.15, -0.1) is 0 Å². The smallest absolute Gasteiger partial charge is 0.234 e. The molecule has 0 saturated heterocycles. The van der Waals surface area contributed by atoms with Gasteiger partial charge in [0.2, 0.25) is 15.9 Å². The lowest BCUT2D eigenvalue weighted by atomic mass is 10.0. The minimum absolute atomic E-state index is 0.348. The van der Waals surface area contributed by atoms with Crippen LogP contribution in [-0.4, -0.2) is 26.0 Å². The Hall–Kier alpha value is -2.05. The Morgan fingerprint density at radius 3 is 2.46 bits per heavy atom. The third-order valence-electron chi connectivity index (χ3n) is 4.23. The Labute approximate surface area is 163 Å². The number of ether oxygens (including phenoxy) is 1. The quantitative estimate of drug-likeness (QED) is 0.692. The van der Waals surface area contributed by atoms with Crippen LogP contribution in [0, 0.1) is 0 Å². The van der Waals surface area contributed by atoms with Gasteiger partial charge in [0.05, 0.1) is 6.26 Å². The lowest BCUT2D eigenvalue weighted by Gasteiger charge is -2.22. The Morgan fingerprint density at radius 2 is 1.77 bits per heavy atom. The summed E-state index contributed by atoms with van der Waals surface area (Å²) in [5.41, 5.74) is 2.93. The predicted molar refractivity (Wildman–Crippen MR) is 108 cm³/mol. The van der Waals surface area contributed by atoms with Crippen LogP contribution in [0.25, 0.3) is 6.08 Å². The summed E-state index contributed by atoms with van der Waals surface area (Å²) < 4.78 is 32.4. The molecule has 0 saturated carbocycles. The molecule has 4 nitrogen and oxygen atoms in total. The number of benzene rings is 2. The van der Waals surface area contributed by atoms with E-state index in [-0.39, 0.29) is 0 Å². The standard InChI is InChI=1S/C20H20BrNO3S/c1-22(26(2,23)24)20-16(9-8-15-6-4-3-5-7-15)10-11-17-14-18(21)12-13-19(17)25-20/h3-7,10-14H,8-9H2,1-2H3. The van der Waals surface area contributed by atoms with Crippen molar-refractivity contribution in [2.45, 2.75) is 12.8 Å². The summed E-state index contributed by atoms with van der Waals surface area (Å²) >= 11 is 3.46. The molecule has 0 radical (unpaired) electrons. The van der Waals surface area contributed by atoms with E-state index >= 15 is 0 Å². The van der Waals surface area contributed by atoms with E-state index in [0.717, 1.165) is 22.0 Å². The molecule has 0 N–H and O–H groups in total. The number of hydrogen-bond donors (Lipinski definition) is 0. The van der Waals surface area contributed by atoms with Crippen molar-refractivity contribution in [3.8, 4) is 5.75 Å². The Morgan fingerprint density at radius 1 is 1.04 bits per heavy atom. The molecule has 1 aliphatic heterocycles. The van der Waals surface area contributed by atoms with Crippen LogP contribution in [0.4, 0.5) is 0 Å². The first kappa shape index (κ1) is 18.7. The van der Waals surface area contributed by atoms with Crippen LogP contribution in [0.2, 0.25) is 0 Å². The lowest BCUT2D eigenvalue weighted by molar-refractivity contribution is 0.317. The lowest BCUT2D eigenvalue weighted by Crippen LogP contribution is -2.29. The maximum Gasteiger partial charge on any atom is 0.234 e. The fourth-order valence-electron chi connectivity index (χ4n) is 2.70. The van der Waals surface area contributed by atoms with Crippen molar-refractivity contribution >= 4 is 32.0 Å². The number of sulfonamides is 1. The maximum atomic E-state index is 12.1. The fourth-order valence-corrected chi connectivity index (χ4v) is 3.54. The number of aryl methyl sites for hydroxylation is 1. The molecule has 136 valence electrons. The van der Waals surface area contributed by atoms with E-state index < -0.39 is 10.0 Å². The zero-order valence-electron chi connectivity index (χ0n) is 14.6. The van der Waals surface area contributed by atoms with E-state index in [2.05, 4.69) is 28.1 Å². The first-order valence-corrected chi connectivity index (χ1v) is 10.9. The minimum atomic E-state index is -3.44. The molecule has 0 fully saturated rings. The van der Waals surface area contributed by atoms with Gasteiger partial charge in [-0.2, -0.15) is 0 Å². The molecule has 0 atom stereocenters. The first-order valence-electron chi connectivity index (χ1n) is 8.21. The molecule has 26 heavy (non-hydrogen) atoms. The van der Waals surface area contributed by atoms with Gasteiger partial charge in [0.1, 0.15) is 5.75 Å². The first-order chi connectivity index (χ1) is 12.3. The zero-order chi connectivity index (χ0) is 18.7. The molecule has 2 aromatic carbocycles. The molecule has 0 unspecified atom stereocenters. The molecule has 0 bridgehead atoms. The Bertz CT molecular complexity index is 966. The van der Waals surface area contributed by atoms with Gasteiger partial charge in [0, 0.05) is 22.7 Å². The van der Waals surface area contributed by atoms with Crippen molar-refractivity contribution in [1.82, 2.24) is 4.31 Å². The van der Waals surface area contributed by atoms with Crippen LogP contribution in [0.1, 0.15) is 17.5 Å². The molecule has 0 aromatic heterocycles. The summed E-state index contributed by atoms with van der Waals surface area (Å²) in [6, 6.07) is 15.8. The Kier molecular flexibility index (Phi) is 5.53. The molecule has 6 heteroatoms. The molecule has 2 aromatic rings. The topological polar surface area (TPSA) is 46.6 Å². The van der Waals surface area contributed by atoms with Crippen molar-refractivity contribution in [1.29, 1.82) is 0 Å². The van der Waals surface area contributed by atoms with Crippen LogP contribution in [0.3, 0.4) is 0 Å². The van der Waals surface area contributed by atoms with Gasteiger partial charge in [-0.1, -0.05) is 58.4 Å². The SMILES string of the molecule is CN(C1=C(CCc2ccccc2)C=Cc2cc(Br)ccc2O1)S(C)(=O)=O. The fraction of sp³-hybridized carbons (Fsp3) is 0.200. The second-order valence-corrected chi connectivity index (χ2v) is 9.09. The molecule has 0 aliphatic carbocycles. The normalized spacial score (nSPS) is 13.8. The van der Waals surface area contributed by atoms with Crippen molar-refractivity contribution in [3.05, 3.63) is 81.7 Å². The predicted octanol–water partition coefficient (Wildman–Crippen LogP) is 4.59. The number of allylic oxidation sites excluding steroid dienone is 2. The molecule has 1 aliphatic rings. The molecular formula is C20H20BrNO3S. The largest absolute Gasteiger partial charge is 0.439 e. The van der Waals surface area contributed by atoms with E-state index in [1.54, 1.807) is 0 Å². The highest BCUT2D eigenvalue weighted by molar-refractivity contribution is 9.10. The van der Waals surface area contributed by atoms with Gasteiger partial charge in [-0.3, -0.25) is 0 Å². The van der Waals surface area contributed by atoms with Gasteiger partial charge in [-0.05, 0) is 36.6 Å². The van der Waals surface area contributed by atoms with Crippen molar-refractivity contribution < 1.29 is 13.2 Å².